The maximum atomic E-state index is 14.8. The van der Waals surface area contributed by atoms with Gasteiger partial charge < -0.3 is 168 Å². The Labute approximate surface area is 807 Å². The van der Waals surface area contributed by atoms with E-state index >= 15 is 0 Å². The van der Waals surface area contributed by atoms with Crippen LogP contribution in [0, 0.1) is 0 Å². The summed E-state index contributed by atoms with van der Waals surface area (Å²) in [4.78, 5) is 14.8. The first-order chi connectivity index (χ1) is 61.4. The van der Waals surface area contributed by atoms with E-state index in [9.17, 15) is 71.2 Å². The van der Waals surface area contributed by atoms with Gasteiger partial charge in [0.05, 0.1) is 46.2 Å². The van der Waals surface area contributed by atoms with Crippen LogP contribution >= 0.6 is 0 Å². The number of hydrogen-bond acceptors (Lipinski definition) is 36. The Bertz CT molecular complexity index is 3800. The van der Waals surface area contributed by atoms with Gasteiger partial charge in [-0.3, -0.25) is 5.32 Å². The van der Waals surface area contributed by atoms with E-state index in [1.54, 1.807) is 30.3 Å². The molecule has 0 spiro atoms. The summed E-state index contributed by atoms with van der Waals surface area (Å²) in [5.41, 5.74) is 0.253. The zero-order valence-corrected chi connectivity index (χ0v) is 93.7. The first-order valence-corrected chi connectivity index (χ1v) is 68.3. The third-order valence-electron chi connectivity index (χ3n) is 31.7. The van der Waals surface area contributed by atoms with Crippen LogP contribution in [-0.4, -0.2) is 392 Å². The fourth-order valence-corrected chi connectivity index (χ4v) is 21.9. The van der Waals surface area contributed by atoms with Crippen LogP contribution in [0.2, 0.25) is 127 Å². The molecule has 14 bridgehead atoms. The van der Waals surface area contributed by atoms with Gasteiger partial charge in [0.2, 0.25) is 0 Å². The van der Waals surface area contributed by atoms with Crippen molar-refractivity contribution in [1.29, 1.82) is 0 Å². The molecule has 0 aromatic heterocycles. The molecular formula is C91H173NO36Si7. The van der Waals surface area contributed by atoms with Crippen molar-refractivity contribution in [2.75, 3.05) is 51.6 Å². The van der Waals surface area contributed by atoms with Crippen molar-refractivity contribution in [3.63, 3.8) is 0 Å². The highest BCUT2D eigenvalue weighted by molar-refractivity contribution is 6.76. The largest absolute Gasteiger partial charge is 0.440 e. The van der Waals surface area contributed by atoms with E-state index in [2.05, 4.69) is 5.32 Å². The molecule has 14 N–H and O–H groups in total. The topological polar surface area (TPSA) is 495 Å². The SMILES string of the molecule is CC(C)(C)[Si](C)(C)OC[C@H]1O[C@@H]2O[C@H]3[C@H](O)[C@@H](O)[C@@H](O[C@H]4[C@H](O)[C@@H](O)[C@@H](O[C@H]5[C@H](OC(=O)Nc6ccccc6)[C@@H](O)[C@@H](O[C@H]6[C@H](O)[C@@H](O)[C@@H](O[C@H]7[C@H](O)[C@@H](O)[C@@H](O[C@H]8[C@H](O)[C@@H](O)[C@@H](O[C@H]1[C@H](O)[C@H]2O)O[C@@H]8CO[Si](C)(C)C(C)(C)C)O[C@@H]7CO[Si](C)(C)C(C)(C)C)O[C@@H]6CO[Si](C)(C)C(C)(C)C)O[C@@H]5CO[Si](C)(C)C(C)(C)C)O[C@@H]4CO[Si](C)(C)C(C)(C)C)O[C@@H]3CO[Si](C)(C)C(C)(C)C. The lowest BCUT2D eigenvalue weighted by Gasteiger charge is -2.51. The van der Waals surface area contributed by atoms with Gasteiger partial charge in [0.25, 0.3) is 0 Å². The lowest BCUT2D eigenvalue weighted by molar-refractivity contribution is -0.396. The normalized spacial score (nSPS) is 38.5. The van der Waals surface area contributed by atoms with Crippen LogP contribution < -0.4 is 5.32 Å². The van der Waals surface area contributed by atoms with Gasteiger partial charge in [-0.2, -0.15) is 0 Å². The number of para-hydroxylation sites is 1. The quantitative estimate of drug-likeness (QED) is 0.0458. The van der Waals surface area contributed by atoms with Crippen molar-refractivity contribution in [2.45, 2.75) is 487 Å². The highest BCUT2D eigenvalue weighted by Gasteiger charge is 2.63. The predicted octanol–water partition coefficient (Wildman–Crippen LogP) is 8.23. The lowest BCUT2D eigenvalue weighted by Crippen LogP contribution is -2.69. The van der Waals surface area contributed by atoms with Crippen LogP contribution in [0.15, 0.2) is 30.3 Å². The Morgan fingerprint density at radius 3 is 0.570 bits per heavy atom. The van der Waals surface area contributed by atoms with Crippen molar-refractivity contribution >= 4 is 70.0 Å². The maximum Gasteiger partial charge on any atom is 0.412 e. The van der Waals surface area contributed by atoms with Gasteiger partial charge in [-0.1, -0.05) is 164 Å². The average Bonchev–Trinajstić information content (AvgIpc) is 0.850. The zero-order valence-electron chi connectivity index (χ0n) is 86.7. The minimum Gasteiger partial charge on any atom is -0.440 e. The Morgan fingerprint density at radius 1 is 0.244 bits per heavy atom. The van der Waals surface area contributed by atoms with Crippen LogP contribution in [0.5, 0.6) is 0 Å². The van der Waals surface area contributed by atoms with E-state index in [0.29, 0.717) is 0 Å². The number of benzene rings is 1. The summed E-state index contributed by atoms with van der Waals surface area (Å²) in [5, 5.41) is 167. The van der Waals surface area contributed by atoms with Gasteiger partial charge in [-0.05, 0) is 139 Å². The van der Waals surface area contributed by atoms with Gasteiger partial charge in [0.1, 0.15) is 165 Å². The number of anilines is 1. The van der Waals surface area contributed by atoms with E-state index in [1.807, 2.05) is 237 Å². The summed E-state index contributed by atoms with van der Waals surface area (Å²) in [6.07, 6.45) is -67.7. The summed E-state index contributed by atoms with van der Waals surface area (Å²) in [5.74, 6) is 0. The monoisotopic (exact) mass is 2050 g/mol. The Balaban J connectivity index is 1.25. The molecule has 21 heterocycles. The van der Waals surface area contributed by atoms with Crippen LogP contribution in [0.4, 0.5) is 10.5 Å². The van der Waals surface area contributed by atoms with Crippen LogP contribution in [-0.2, 0) is 102 Å². The fourth-order valence-electron chi connectivity index (χ4n) is 14.8. The van der Waals surface area contributed by atoms with Gasteiger partial charge in [0.15, 0.2) is 108 Å². The zero-order chi connectivity index (χ0) is 102. The number of rotatable bonds is 23. The number of hydrogen-bond donors (Lipinski definition) is 14. The molecule has 21 fully saturated rings. The molecule has 135 heavy (non-hydrogen) atoms. The molecular weight excluding hydrogens is 1880 g/mol. The molecule has 1 aromatic rings. The van der Waals surface area contributed by atoms with Gasteiger partial charge in [-0.15, -0.1) is 0 Å². The number of carbonyl (C=O) groups is 1. The van der Waals surface area contributed by atoms with Crippen molar-refractivity contribution < 1.29 is 173 Å². The number of aliphatic hydroxyl groups excluding tert-OH is 13. The Kier molecular flexibility index (Phi) is 38.2. The highest BCUT2D eigenvalue weighted by Crippen LogP contribution is 2.49. The Hall–Kier alpha value is -1.35. The highest BCUT2D eigenvalue weighted by atomic mass is 28.4. The average molecular weight is 2050 g/mol. The van der Waals surface area contributed by atoms with Gasteiger partial charge in [-0.25, -0.2) is 4.79 Å². The standard InChI is InChI=1S/C91H173NO36Si7/c1-85(2,3)129(22,23)107-41-49-69-57(94)63(100)78(115-49)123-71-51(43-109-131(26,27)87(7,8)9)117-80(65(102)59(71)96)125-73-53(45-111-133(30,31)89(13,14)15)119-82(67(104)61(73)98)127-75-55(47-113-135(34,35)91(19,20)21)120-83(68(105)76(75)128-84(106)92-48-39-37-36-38-40-48)126-74-54(46-112-134(32,33)90(16,17)18)118-81(66(103)60(74)97)124-72-52(44-110-132(28,29)88(10,11)12)116-79(64(101)58(72)95)122-70-50(42-108-130(24,25)86(4,5)6)114-77(121-69)62(99)56(70)93/h36-40,49-83,93-105H,41-47H2,1-35H3,(H,92,106)/t49-,50-,51-,52-,53-,54-,55-,56-,57-,58-,59-,60-,61-,62-,63-,64-,65-,66-,67-,68-,69-,70-,71-,72-,73-,74-,75-,76-,77-,78-,79-,80-,81-,82-,83-/m1/s1. The Morgan fingerprint density at radius 2 is 0.400 bits per heavy atom. The minimum absolute atomic E-state index is 0.253. The lowest BCUT2D eigenvalue weighted by atomic mass is 9.95. The summed E-state index contributed by atoms with van der Waals surface area (Å²) in [6, 6.07) is 8.21. The smallest absolute Gasteiger partial charge is 0.412 e. The van der Waals surface area contributed by atoms with Gasteiger partial charge >= 0.3 is 6.09 Å². The molecule has 21 saturated heterocycles. The fraction of sp³-hybridized carbons (Fsp3) is 0.923. The number of nitrogens with one attached hydrogen (secondary N) is 1. The molecule has 1 amide bonds. The second kappa shape index (κ2) is 44.0. The number of ether oxygens (including phenoxy) is 15. The predicted molar refractivity (Wildman–Crippen MR) is 515 cm³/mol. The minimum atomic E-state index is -2.93. The van der Waals surface area contributed by atoms with E-state index in [1.165, 1.54) is 0 Å². The molecule has 22 rings (SSSR count). The number of carbonyl (C=O) groups excluding carboxylic acids is 1. The molecule has 786 valence electrons. The molecule has 0 saturated carbocycles. The summed E-state index contributed by atoms with van der Waals surface area (Å²) in [7, 11) is -20.1. The van der Waals surface area contributed by atoms with Crippen molar-refractivity contribution in [3.05, 3.63) is 30.3 Å². The first kappa shape index (κ1) is 117. The number of amides is 1. The van der Waals surface area contributed by atoms with Crippen molar-refractivity contribution in [2.24, 2.45) is 0 Å². The first-order valence-electron chi connectivity index (χ1n) is 47.9. The van der Waals surface area contributed by atoms with Crippen LogP contribution in [0.25, 0.3) is 0 Å². The van der Waals surface area contributed by atoms with Crippen molar-refractivity contribution in [1.82, 2.24) is 0 Å². The molecule has 37 nitrogen and oxygen atoms in total. The summed E-state index contributed by atoms with van der Waals surface area (Å²) < 4.78 is 149. The van der Waals surface area contributed by atoms with Gasteiger partial charge in [0, 0.05) is 5.69 Å². The molecule has 44 heteroatoms. The molecule has 0 radical (unpaired) electrons. The molecule has 21 aliphatic heterocycles. The van der Waals surface area contributed by atoms with Crippen LogP contribution in [0.3, 0.4) is 0 Å². The molecule has 21 aliphatic rings. The molecule has 35 atom stereocenters. The van der Waals surface area contributed by atoms with Crippen molar-refractivity contribution in [3.8, 4) is 0 Å². The van der Waals surface area contributed by atoms with E-state index < -0.39 is 348 Å². The molecule has 1 aromatic carbocycles. The molecule has 0 unspecified atom stereocenters. The number of aliphatic hydroxyl groups is 13. The second-order valence-corrected chi connectivity index (χ2v) is 82.4. The van der Waals surface area contributed by atoms with E-state index in [0.717, 1.165) is 0 Å². The third-order valence-corrected chi connectivity index (χ3v) is 63.2. The maximum absolute atomic E-state index is 14.8. The third kappa shape index (κ3) is 27.4. The van der Waals surface area contributed by atoms with Crippen LogP contribution in [0.1, 0.15) is 145 Å². The van der Waals surface area contributed by atoms with E-state index in [4.69, 9.17) is 102 Å². The molecule has 0 aliphatic carbocycles. The van der Waals surface area contributed by atoms with E-state index in [-0.39, 0.29) is 18.9 Å². The summed E-state index contributed by atoms with van der Waals surface area (Å²) in [6.45, 7) is 66.5. The second-order valence-electron chi connectivity index (χ2n) is 48.7. The summed E-state index contributed by atoms with van der Waals surface area (Å²) >= 11 is 0.